The van der Waals surface area contributed by atoms with Crippen LogP contribution in [0.2, 0.25) is 0 Å². The fraction of sp³-hybridized carbons (Fsp3) is 0.364. The first-order valence-corrected chi connectivity index (χ1v) is 14.3. The van der Waals surface area contributed by atoms with Gasteiger partial charge in [0.05, 0.1) is 24.6 Å². The third-order valence-electron chi connectivity index (χ3n) is 7.47. The van der Waals surface area contributed by atoms with Crippen LogP contribution in [0.4, 0.5) is 0 Å². The van der Waals surface area contributed by atoms with Crippen molar-refractivity contribution in [1.29, 1.82) is 0 Å². The fourth-order valence-electron chi connectivity index (χ4n) is 5.32. The number of carbonyl (C=O) groups is 1. The Morgan fingerprint density at radius 3 is 2.64 bits per heavy atom. The highest BCUT2D eigenvalue weighted by molar-refractivity contribution is 5.90. The number of hydrogen-bond donors (Lipinski definition) is 1. The number of ether oxygens (including phenoxy) is 3. The van der Waals surface area contributed by atoms with Crippen molar-refractivity contribution < 1.29 is 24.1 Å². The largest absolute Gasteiger partial charge is 0.488 e. The second-order valence-electron chi connectivity index (χ2n) is 11.0. The number of aromatic nitrogens is 3. The Bertz CT molecular complexity index is 1560. The number of pyridine rings is 1. The second-order valence-corrected chi connectivity index (χ2v) is 11.0. The summed E-state index contributed by atoms with van der Waals surface area (Å²) in [5, 5.41) is 13.9. The number of nitrogens with zero attached hydrogens (tertiary/aromatic N) is 4. The Morgan fingerprint density at radius 2 is 1.88 bits per heavy atom. The molecule has 0 radical (unpaired) electrons. The Kier molecular flexibility index (Phi) is 8.89. The first kappa shape index (κ1) is 29.3. The van der Waals surface area contributed by atoms with E-state index in [2.05, 4.69) is 35.1 Å². The zero-order valence-electron chi connectivity index (χ0n) is 24.8. The Morgan fingerprint density at radius 1 is 1.07 bits per heavy atom. The summed E-state index contributed by atoms with van der Waals surface area (Å²) < 4.78 is 19.1. The van der Waals surface area contributed by atoms with E-state index in [1.807, 2.05) is 51.1 Å². The molecule has 0 bridgehead atoms. The van der Waals surface area contributed by atoms with E-state index >= 15 is 0 Å². The lowest BCUT2D eigenvalue weighted by Crippen LogP contribution is -2.39. The number of para-hydroxylation sites is 1. The highest BCUT2D eigenvalue weighted by atomic mass is 16.5. The molecule has 0 spiro atoms. The minimum atomic E-state index is -1.11. The SMILES string of the molecule is COCC(C)N1CCc2cc(COc3c(C)cccc3-c3cccc(-n4ncc(C(=O)O)c4OC(C)C)n3)ccc2C1. The van der Waals surface area contributed by atoms with E-state index in [1.165, 1.54) is 22.0 Å². The zero-order valence-corrected chi connectivity index (χ0v) is 24.8. The summed E-state index contributed by atoms with van der Waals surface area (Å²) in [5.41, 5.74) is 6.36. The number of methoxy groups -OCH3 is 1. The number of fused-ring (bicyclic) bond motifs is 1. The van der Waals surface area contributed by atoms with Gasteiger partial charge in [-0.2, -0.15) is 9.78 Å². The van der Waals surface area contributed by atoms with Gasteiger partial charge < -0.3 is 19.3 Å². The molecule has 2 aromatic heterocycles. The van der Waals surface area contributed by atoms with Crippen molar-refractivity contribution in [3.63, 3.8) is 0 Å². The van der Waals surface area contributed by atoms with Crippen LogP contribution in [-0.2, 0) is 24.3 Å². The highest BCUT2D eigenvalue weighted by Crippen LogP contribution is 2.34. The van der Waals surface area contributed by atoms with Crippen molar-refractivity contribution >= 4 is 5.97 Å². The summed E-state index contributed by atoms with van der Waals surface area (Å²) in [5.74, 6) is 0.241. The molecule has 220 valence electrons. The number of benzene rings is 2. The van der Waals surface area contributed by atoms with E-state index in [0.717, 1.165) is 48.6 Å². The van der Waals surface area contributed by atoms with Gasteiger partial charge in [0.15, 0.2) is 5.82 Å². The van der Waals surface area contributed by atoms with Gasteiger partial charge in [-0.25, -0.2) is 9.78 Å². The van der Waals surface area contributed by atoms with Gasteiger partial charge in [0.1, 0.15) is 17.9 Å². The van der Waals surface area contributed by atoms with E-state index in [0.29, 0.717) is 24.2 Å². The van der Waals surface area contributed by atoms with Crippen LogP contribution in [0.15, 0.2) is 60.8 Å². The van der Waals surface area contributed by atoms with Crippen molar-refractivity contribution in [2.24, 2.45) is 0 Å². The molecule has 9 nitrogen and oxygen atoms in total. The van der Waals surface area contributed by atoms with Gasteiger partial charge in [-0.3, -0.25) is 4.90 Å². The lowest BCUT2D eigenvalue weighted by atomic mass is 9.96. The molecule has 0 amide bonds. The van der Waals surface area contributed by atoms with E-state index in [-0.39, 0.29) is 17.5 Å². The fourth-order valence-corrected chi connectivity index (χ4v) is 5.32. The van der Waals surface area contributed by atoms with Crippen LogP contribution < -0.4 is 9.47 Å². The molecule has 42 heavy (non-hydrogen) atoms. The molecule has 4 aromatic rings. The van der Waals surface area contributed by atoms with Crippen molar-refractivity contribution in [2.45, 2.75) is 59.4 Å². The molecular weight excluding hydrogens is 532 g/mol. The molecule has 0 saturated heterocycles. The monoisotopic (exact) mass is 570 g/mol. The molecule has 3 heterocycles. The van der Waals surface area contributed by atoms with Crippen molar-refractivity contribution in [3.8, 4) is 28.7 Å². The first-order valence-electron chi connectivity index (χ1n) is 14.3. The summed E-state index contributed by atoms with van der Waals surface area (Å²) in [6.45, 7) is 11.0. The van der Waals surface area contributed by atoms with Crippen LogP contribution in [0.5, 0.6) is 11.6 Å². The van der Waals surface area contributed by atoms with Crippen LogP contribution in [0.1, 0.15) is 53.4 Å². The van der Waals surface area contributed by atoms with Gasteiger partial charge in [0.2, 0.25) is 5.88 Å². The molecule has 1 unspecified atom stereocenters. The summed E-state index contributed by atoms with van der Waals surface area (Å²) in [6.07, 6.45) is 2.05. The van der Waals surface area contributed by atoms with E-state index in [4.69, 9.17) is 19.2 Å². The smallest absolute Gasteiger partial charge is 0.342 e. The zero-order chi connectivity index (χ0) is 29.8. The van der Waals surface area contributed by atoms with Gasteiger partial charge >= 0.3 is 5.97 Å². The molecule has 0 aliphatic carbocycles. The summed E-state index contributed by atoms with van der Waals surface area (Å²) in [4.78, 5) is 19.1. The maximum absolute atomic E-state index is 11.8. The first-order chi connectivity index (χ1) is 20.2. The second kappa shape index (κ2) is 12.8. The third-order valence-corrected chi connectivity index (χ3v) is 7.47. The Labute approximate surface area is 246 Å². The summed E-state index contributed by atoms with van der Waals surface area (Å²) in [6, 6.07) is 18.5. The van der Waals surface area contributed by atoms with E-state index in [9.17, 15) is 9.90 Å². The minimum Gasteiger partial charge on any atom is -0.488 e. The Hall–Kier alpha value is -4.21. The standard InChI is InChI=1S/C33H38N4O5/c1-21(2)42-32-28(33(38)39)17-34-37(32)30-11-7-10-29(35-30)27-9-6-8-22(3)31(27)41-20-24-12-13-26-18-36(23(4)19-40-5)15-14-25(26)16-24/h6-13,16-17,21,23H,14-15,18-20H2,1-5H3,(H,38,39). The summed E-state index contributed by atoms with van der Waals surface area (Å²) >= 11 is 0. The number of rotatable bonds is 11. The van der Waals surface area contributed by atoms with Gasteiger partial charge in [-0.1, -0.05) is 36.4 Å². The maximum Gasteiger partial charge on any atom is 0.342 e. The van der Waals surface area contributed by atoms with Crippen molar-refractivity contribution in [1.82, 2.24) is 19.7 Å². The van der Waals surface area contributed by atoms with Crippen LogP contribution in [0.25, 0.3) is 17.1 Å². The van der Waals surface area contributed by atoms with Crippen LogP contribution in [0, 0.1) is 6.92 Å². The lowest BCUT2D eigenvalue weighted by Gasteiger charge is -2.33. The minimum absolute atomic E-state index is 0.0160. The van der Waals surface area contributed by atoms with Crippen molar-refractivity contribution in [2.75, 3.05) is 20.3 Å². The van der Waals surface area contributed by atoms with Crippen LogP contribution >= 0.6 is 0 Å². The molecule has 9 heteroatoms. The Balaban J connectivity index is 1.39. The number of hydrogen-bond acceptors (Lipinski definition) is 7. The molecule has 1 aliphatic rings. The molecule has 1 N–H and O–H groups in total. The maximum atomic E-state index is 11.8. The summed E-state index contributed by atoms with van der Waals surface area (Å²) in [7, 11) is 1.75. The quantitative estimate of drug-likeness (QED) is 0.245. The van der Waals surface area contributed by atoms with Gasteiger partial charge in [-0.05, 0) is 74.6 Å². The number of carboxylic acids is 1. The molecule has 1 atom stereocenters. The number of aromatic carboxylic acids is 1. The molecule has 0 saturated carbocycles. The highest BCUT2D eigenvalue weighted by Gasteiger charge is 2.23. The van der Waals surface area contributed by atoms with E-state index < -0.39 is 5.97 Å². The molecule has 2 aromatic carbocycles. The van der Waals surface area contributed by atoms with E-state index in [1.54, 1.807) is 13.2 Å². The topological polar surface area (TPSA) is 98.9 Å². The third kappa shape index (κ3) is 6.32. The number of aryl methyl sites for hydroxylation is 1. The molecule has 0 fully saturated rings. The van der Waals surface area contributed by atoms with Crippen LogP contribution in [0.3, 0.4) is 0 Å². The molecular formula is C33H38N4O5. The van der Waals surface area contributed by atoms with Gasteiger partial charge in [0.25, 0.3) is 0 Å². The van der Waals surface area contributed by atoms with Crippen molar-refractivity contribution in [3.05, 3.63) is 88.6 Å². The predicted molar refractivity (Wildman–Crippen MR) is 160 cm³/mol. The predicted octanol–water partition coefficient (Wildman–Crippen LogP) is 5.70. The molecule has 5 rings (SSSR count). The average molecular weight is 571 g/mol. The molecule has 1 aliphatic heterocycles. The normalized spacial score (nSPS) is 14.0. The van der Waals surface area contributed by atoms with Gasteiger partial charge in [0, 0.05) is 31.8 Å². The average Bonchev–Trinajstić information content (AvgIpc) is 3.39. The lowest BCUT2D eigenvalue weighted by molar-refractivity contribution is 0.0690. The van der Waals surface area contributed by atoms with Gasteiger partial charge in [-0.15, -0.1) is 0 Å². The van der Waals surface area contributed by atoms with Crippen LogP contribution in [-0.4, -0.2) is 63.1 Å². The number of carboxylic acid groups (broad SMARTS) is 1.